The summed E-state index contributed by atoms with van der Waals surface area (Å²) in [5.74, 6) is 1.74. The van der Waals surface area contributed by atoms with Crippen LogP contribution in [0.2, 0.25) is 0 Å². The molecule has 2 aromatic rings. The molecule has 2 atom stereocenters. The Morgan fingerprint density at radius 1 is 1.04 bits per heavy atom. The van der Waals surface area contributed by atoms with Crippen molar-refractivity contribution < 1.29 is 0 Å². The van der Waals surface area contributed by atoms with Gasteiger partial charge in [0.25, 0.3) is 0 Å². The number of rotatable bonds is 3. The first-order valence-corrected chi connectivity index (χ1v) is 9.54. The summed E-state index contributed by atoms with van der Waals surface area (Å²) in [6.45, 7) is 1.42. The number of amidine groups is 1. The highest BCUT2D eigenvalue weighted by Crippen LogP contribution is 2.29. The highest BCUT2D eigenvalue weighted by Gasteiger charge is 2.40. The maximum absolute atomic E-state index is 5.03. The van der Waals surface area contributed by atoms with Crippen LogP contribution in [0.4, 0.5) is 0 Å². The van der Waals surface area contributed by atoms with Crippen molar-refractivity contribution in [3.63, 3.8) is 0 Å². The van der Waals surface area contributed by atoms with Gasteiger partial charge < -0.3 is 9.80 Å². The van der Waals surface area contributed by atoms with Crippen LogP contribution in [0.3, 0.4) is 0 Å². The zero-order valence-electron chi connectivity index (χ0n) is 15.5. The van der Waals surface area contributed by atoms with E-state index < -0.39 is 0 Å². The Labute approximate surface area is 164 Å². The Morgan fingerprint density at radius 3 is 2.64 bits per heavy atom. The predicted octanol–water partition coefficient (Wildman–Crippen LogP) is 3.47. The predicted molar refractivity (Wildman–Crippen MR) is 113 cm³/mol. The lowest BCUT2D eigenvalue weighted by molar-refractivity contribution is 0.269. The molecule has 5 heteroatoms. The number of hydrogen-bond donors (Lipinski definition) is 0. The minimum atomic E-state index is -0.0328. The summed E-state index contributed by atoms with van der Waals surface area (Å²) in [5.41, 5.74) is 2.30. The Morgan fingerprint density at radius 2 is 1.82 bits per heavy atom. The van der Waals surface area contributed by atoms with Crippen LogP contribution in [0.1, 0.15) is 11.1 Å². The van der Waals surface area contributed by atoms with Gasteiger partial charge in [-0.2, -0.15) is 0 Å². The highest BCUT2D eigenvalue weighted by atomic mass is 15.4. The van der Waals surface area contributed by atoms with Crippen molar-refractivity contribution in [3.8, 4) is 0 Å². The lowest BCUT2D eigenvalue weighted by Gasteiger charge is -2.37. The summed E-state index contributed by atoms with van der Waals surface area (Å²) in [6.07, 6.45) is 10.2. The standard InChI is InChI=1S/C23H21N5/c1-3-9-18(10-4-1)17-25-21(19-11-5-2-6-12-19)28-15-7-13-20-22(28)26-23-24-14-8-16-27(20)23/h1-14,16,20,22H,15,17H2. The monoisotopic (exact) mass is 367 g/mol. The zero-order chi connectivity index (χ0) is 18.8. The van der Waals surface area contributed by atoms with Gasteiger partial charge in [-0.05, 0) is 11.6 Å². The van der Waals surface area contributed by atoms with E-state index in [1.165, 1.54) is 5.56 Å². The van der Waals surface area contributed by atoms with E-state index in [1.807, 2.05) is 24.4 Å². The molecule has 0 aromatic heterocycles. The van der Waals surface area contributed by atoms with E-state index in [0.29, 0.717) is 6.54 Å². The highest BCUT2D eigenvalue weighted by molar-refractivity contribution is 6.00. The van der Waals surface area contributed by atoms with Gasteiger partial charge in [0.1, 0.15) is 5.84 Å². The third-order valence-electron chi connectivity index (χ3n) is 5.14. The van der Waals surface area contributed by atoms with Crippen LogP contribution in [0.5, 0.6) is 0 Å². The Hall–Kier alpha value is -3.47. The van der Waals surface area contributed by atoms with Crippen LogP contribution in [0.25, 0.3) is 0 Å². The van der Waals surface area contributed by atoms with Crippen molar-refractivity contribution in [2.75, 3.05) is 6.54 Å². The molecule has 0 radical (unpaired) electrons. The summed E-state index contributed by atoms with van der Waals surface area (Å²) < 4.78 is 0. The van der Waals surface area contributed by atoms with Gasteiger partial charge in [-0.25, -0.2) is 9.98 Å². The quantitative estimate of drug-likeness (QED) is 0.474. The van der Waals surface area contributed by atoms with Crippen LogP contribution in [0.15, 0.2) is 100 Å². The Kier molecular flexibility index (Phi) is 4.33. The number of benzene rings is 2. The second-order valence-corrected chi connectivity index (χ2v) is 6.93. The van der Waals surface area contributed by atoms with Crippen molar-refractivity contribution in [1.29, 1.82) is 0 Å². The first-order valence-electron chi connectivity index (χ1n) is 9.54. The third-order valence-corrected chi connectivity index (χ3v) is 5.14. The molecule has 0 spiro atoms. The molecule has 0 saturated heterocycles. The normalized spacial score (nSPS) is 22.9. The summed E-state index contributed by atoms with van der Waals surface area (Å²) in [5, 5.41) is 0. The second kappa shape index (κ2) is 7.27. The van der Waals surface area contributed by atoms with Gasteiger partial charge in [0, 0.05) is 24.5 Å². The third kappa shape index (κ3) is 3.05. The lowest BCUT2D eigenvalue weighted by Crippen LogP contribution is -2.50. The molecule has 138 valence electrons. The topological polar surface area (TPSA) is 43.6 Å². The van der Waals surface area contributed by atoms with Crippen molar-refractivity contribution >= 4 is 18.0 Å². The number of hydrogen-bond acceptors (Lipinski definition) is 4. The van der Waals surface area contributed by atoms with E-state index in [0.717, 1.165) is 23.9 Å². The minimum Gasteiger partial charge on any atom is -0.328 e. The molecule has 2 aromatic carbocycles. The van der Waals surface area contributed by atoms with Crippen LogP contribution in [-0.4, -0.2) is 46.6 Å². The molecule has 5 rings (SSSR count). The SMILES string of the molecule is C1=CN2C(=NC3C2C=CCN3C(=NCc2ccccc2)c2ccccc2)N=C1. The van der Waals surface area contributed by atoms with Crippen LogP contribution in [-0.2, 0) is 6.54 Å². The van der Waals surface area contributed by atoms with Crippen molar-refractivity contribution in [3.05, 3.63) is 96.2 Å². The van der Waals surface area contributed by atoms with Gasteiger partial charge in [-0.15, -0.1) is 0 Å². The second-order valence-electron chi connectivity index (χ2n) is 6.93. The summed E-state index contributed by atoms with van der Waals surface area (Å²) in [4.78, 5) is 18.8. The van der Waals surface area contributed by atoms with Crippen LogP contribution >= 0.6 is 0 Å². The van der Waals surface area contributed by atoms with Gasteiger partial charge in [-0.3, -0.25) is 4.99 Å². The van der Waals surface area contributed by atoms with Crippen molar-refractivity contribution in [1.82, 2.24) is 9.80 Å². The van der Waals surface area contributed by atoms with Gasteiger partial charge in [0.15, 0.2) is 6.17 Å². The fraction of sp³-hybridized carbons (Fsp3) is 0.174. The number of nitrogens with zero attached hydrogens (tertiary/aromatic N) is 5. The molecule has 3 heterocycles. The van der Waals surface area contributed by atoms with E-state index in [-0.39, 0.29) is 12.2 Å². The molecule has 3 aliphatic rings. The molecule has 0 saturated carbocycles. The summed E-state index contributed by atoms with van der Waals surface area (Å²) in [7, 11) is 0. The molecule has 28 heavy (non-hydrogen) atoms. The van der Waals surface area contributed by atoms with Crippen molar-refractivity contribution in [2.45, 2.75) is 18.8 Å². The average Bonchev–Trinajstić information content (AvgIpc) is 3.15. The number of guanidine groups is 1. The van der Waals surface area contributed by atoms with E-state index in [2.05, 4.69) is 75.5 Å². The van der Waals surface area contributed by atoms with E-state index >= 15 is 0 Å². The number of fused-ring (bicyclic) bond motifs is 3. The lowest BCUT2D eigenvalue weighted by atomic mass is 10.1. The molecular weight excluding hydrogens is 346 g/mol. The average molecular weight is 367 g/mol. The number of aliphatic imine (C=N–C) groups is 3. The molecule has 3 aliphatic heterocycles. The van der Waals surface area contributed by atoms with E-state index in [1.54, 1.807) is 6.21 Å². The summed E-state index contributed by atoms with van der Waals surface area (Å²) in [6, 6.07) is 20.9. The molecule has 5 nitrogen and oxygen atoms in total. The van der Waals surface area contributed by atoms with Gasteiger partial charge in [0.2, 0.25) is 5.96 Å². The molecule has 0 amide bonds. The van der Waals surface area contributed by atoms with E-state index in [4.69, 9.17) is 9.98 Å². The first kappa shape index (κ1) is 16.7. The van der Waals surface area contributed by atoms with Crippen molar-refractivity contribution in [2.24, 2.45) is 15.0 Å². The zero-order valence-corrected chi connectivity index (χ0v) is 15.5. The smallest absolute Gasteiger partial charge is 0.227 e. The van der Waals surface area contributed by atoms with Gasteiger partial charge in [-0.1, -0.05) is 72.8 Å². The largest absolute Gasteiger partial charge is 0.328 e. The fourth-order valence-corrected chi connectivity index (χ4v) is 3.81. The maximum atomic E-state index is 5.03. The molecule has 0 fully saturated rings. The Bertz CT molecular complexity index is 988. The molecule has 0 bridgehead atoms. The molecular formula is C23H21N5. The molecule has 0 aliphatic carbocycles. The molecule has 2 unspecified atom stereocenters. The fourth-order valence-electron chi connectivity index (χ4n) is 3.81. The van der Waals surface area contributed by atoms with Gasteiger partial charge in [0.05, 0.1) is 12.6 Å². The van der Waals surface area contributed by atoms with Crippen LogP contribution < -0.4 is 0 Å². The maximum Gasteiger partial charge on any atom is 0.227 e. The minimum absolute atomic E-state index is 0.0328. The number of allylic oxidation sites excluding steroid dienone is 1. The Balaban J connectivity index is 1.52. The summed E-state index contributed by atoms with van der Waals surface area (Å²) >= 11 is 0. The van der Waals surface area contributed by atoms with Gasteiger partial charge >= 0.3 is 0 Å². The van der Waals surface area contributed by atoms with Crippen LogP contribution in [0, 0.1) is 0 Å². The first-order chi connectivity index (χ1) is 13.9. The molecule has 0 N–H and O–H groups in total. The van der Waals surface area contributed by atoms with E-state index in [9.17, 15) is 0 Å².